The summed E-state index contributed by atoms with van der Waals surface area (Å²) in [6, 6.07) is 5.09. The van der Waals surface area contributed by atoms with E-state index in [2.05, 4.69) is 22.5 Å². The molecule has 2 heteroatoms. The molecule has 1 aromatic carbocycles. The first-order valence-electron chi connectivity index (χ1n) is 4.24. The molecule has 0 atom stereocenters. The Bertz CT molecular complexity index is 294. The van der Waals surface area contributed by atoms with Gasteiger partial charge in [-0.3, -0.25) is 0 Å². The van der Waals surface area contributed by atoms with Crippen LogP contribution in [0.25, 0.3) is 6.08 Å². The molecular weight excluding hydrogens is 231 g/mol. The molecule has 0 aliphatic heterocycles. The van der Waals surface area contributed by atoms with Crippen molar-refractivity contribution in [2.24, 2.45) is 0 Å². The minimum Gasteiger partial charge on any atom is -0.207 e. The highest BCUT2D eigenvalue weighted by atomic mass is 79.9. The summed E-state index contributed by atoms with van der Waals surface area (Å²) in [5.74, 6) is -0.119. The normalized spacial score (nSPS) is 10.0. The summed E-state index contributed by atoms with van der Waals surface area (Å²) in [5, 5.41) is 0.907. The number of alkyl halides is 1. The van der Waals surface area contributed by atoms with Crippen molar-refractivity contribution in [3.63, 3.8) is 0 Å². The van der Waals surface area contributed by atoms with Gasteiger partial charge < -0.3 is 0 Å². The van der Waals surface area contributed by atoms with Crippen molar-refractivity contribution in [2.45, 2.75) is 12.8 Å². The Morgan fingerprint density at radius 2 is 2.23 bits per heavy atom. The zero-order valence-electron chi connectivity index (χ0n) is 7.39. The Hall–Kier alpha value is -0.630. The van der Waals surface area contributed by atoms with Crippen LogP contribution in [-0.4, -0.2) is 5.33 Å². The number of benzene rings is 1. The first-order chi connectivity index (χ1) is 6.27. The van der Waals surface area contributed by atoms with Gasteiger partial charge in [-0.25, -0.2) is 4.39 Å². The number of halogens is 2. The first-order valence-corrected chi connectivity index (χ1v) is 5.37. The predicted octanol–water partition coefficient (Wildman–Crippen LogP) is 3.80. The number of rotatable bonds is 4. The van der Waals surface area contributed by atoms with Crippen molar-refractivity contribution in [3.05, 3.63) is 41.7 Å². The van der Waals surface area contributed by atoms with Gasteiger partial charge in [0.05, 0.1) is 0 Å². The summed E-state index contributed by atoms with van der Waals surface area (Å²) in [4.78, 5) is 0. The van der Waals surface area contributed by atoms with Gasteiger partial charge in [0.25, 0.3) is 0 Å². The minimum absolute atomic E-state index is 0.119. The molecule has 0 aromatic heterocycles. The van der Waals surface area contributed by atoms with Gasteiger partial charge in [-0.2, -0.15) is 0 Å². The molecule has 1 aromatic rings. The molecule has 0 fully saturated rings. The van der Waals surface area contributed by atoms with Crippen molar-refractivity contribution < 1.29 is 4.39 Å². The molecule has 0 saturated heterocycles. The monoisotopic (exact) mass is 242 g/mol. The lowest BCUT2D eigenvalue weighted by Gasteiger charge is -2.02. The molecule has 0 nitrogen and oxygen atoms in total. The van der Waals surface area contributed by atoms with E-state index in [1.165, 1.54) is 6.07 Å². The summed E-state index contributed by atoms with van der Waals surface area (Å²) >= 11 is 3.32. The maximum atomic E-state index is 13.2. The highest BCUT2D eigenvalue weighted by Gasteiger charge is 2.01. The largest absolute Gasteiger partial charge is 0.207 e. The fourth-order valence-corrected chi connectivity index (χ4v) is 1.45. The van der Waals surface area contributed by atoms with Crippen molar-refractivity contribution in [3.8, 4) is 0 Å². The Morgan fingerprint density at radius 3 is 2.85 bits per heavy atom. The van der Waals surface area contributed by atoms with E-state index in [1.807, 2.05) is 6.07 Å². The summed E-state index contributed by atoms with van der Waals surface area (Å²) in [6.45, 7) is 3.65. The van der Waals surface area contributed by atoms with Crippen LogP contribution in [0.15, 0.2) is 24.8 Å². The summed E-state index contributed by atoms with van der Waals surface area (Å²) in [5.41, 5.74) is 1.75. The number of hydrogen-bond acceptors (Lipinski definition) is 0. The van der Waals surface area contributed by atoms with Crippen LogP contribution in [0.5, 0.6) is 0 Å². The average Bonchev–Trinajstić information content (AvgIpc) is 2.17. The van der Waals surface area contributed by atoms with E-state index in [0.29, 0.717) is 0 Å². The fraction of sp³-hybridized carbons (Fsp3) is 0.273. The molecule has 0 radical (unpaired) electrons. The third-order valence-electron chi connectivity index (χ3n) is 1.89. The van der Waals surface area contributed by atoms with Gasteiger partial charge in [0, 0.05) is 5.33 Å². The van der Waals surface area contributed by atoms with Crippen LogP contribution in [0.4, 0.5) is 4.39 Å². The predicted molar refractivity (Wildman–Crippen MR) is 58.6 cm³/mol. The first kappa shape index (κ1) is 10.5. The Morgan fingerprint density at radius 1 is 1.46 bits per heavy atom. The van der Waals surface area contributed by atoms with E-state index in [4.69, 9.17) is 0 Å². The highest BCUT2D eigenvalue weighted by Crippen LogP contribution is 2.13. The van der Waals surface area contributed by atoms with Gasteiger partial charge in [0.1, 0.15) is 5.82 Å². The van der Waals surface area contributed by atoms with Crippen molar-refractivity contribution in [1.29, 1.82) is 0 Å². The summed E-state index contributed by atoms with van der Waals surface area (Å²) in [7, 11) is 0. The zero-order valence-corrected chi connectivity index (χ0v) is 8.98. The Kier molecular flexibility index (Phi) is 4.16. The highest BCUT2D eigenvalue weighted by molar-refractivity contribution is 9.09. The molecule has 70 valence electrons. The second-order valence-corrected chi connectivity index (χ2v) is 3.64. The van der Waals surface area contributed by atoms with E-state index in [0.717, 1.165) is 29.3 Å². The van der Waals surface area contributed by atoms with E-state index in [9.17, 15) is 4.39 Å². The van der Waals surface area contributed by atoms with Crippen LogP contribution in [0, 0.1) is 5.82 Å². The molecular formula is C11H12BrF. The van der Waals surface area contributed by atoms with Crippen LogP contribution < -0.4 is 0 Å². The second-order valence-electron chi connectivity index (χ2n) is 2.85. The number of aryl methyl sites for hydroxylation is 1. The van der Waals surface area contributed by atoms with Crippen LogP contribution in [0.3, 0.4) is 0 Å². The van der Waals surface area contributed by atoms with E-state index in [-0.39, 0.29) is 5.82 Å². The fourth-order valence-electron chi connectivity index (χ4n) is 1.17. The van der Waals surface area contributed by atoms with Gasteiger partial charge >= 0.3 is 0 Å². The van der Waals surface area contributed by atoms with Crippen molar-refractivity contribution in [1.82, 2.24) is 0 Å². The second kappa shape index (κ2) is 5.18. The molecule has 0 aliphatic rings. The Labute approximate surface area is 86.6 Å². The third-order valence-corrected chi connectivity index (χ3v) is 2.45. The van der Waals surface area contributed by atoms with E-state index < -0.39 is 0 Å². The van der Waals surface area contributed by atoms with Crippen molar-refractivity contribution in [2.75, 3.05) is 5.33 Å². The zero-order chi connectivity index (χ0) is 9.68. The molecule has 0 heterocycles. The lowest BCUT2D eigenvalue weighted by Crippen LogP contribution is -1.92. The molecule has 0 N–H and O–H groups in total. The van der Waals surface area contributed by atoms with Crippen LogP contribution in [0.2, 0.25) is 0 Å². The van der Waals surface area contributed by atoms with Crippen LogP contribution >= 0.6 is 15.9 Å². The summed E-state index contributed by atoms with van der Waals surface area (Å²) in [6.07, 6.45) is 3.47. The molecule has 0 aliphatic carbocycles. The molecule has 0 unspecified atom stereocenters. The van der Waals surface area contributed by atoms with Crippen molar-refractivity contribution >= 4 is 22.0 Å². The standard InChI is InChI=1S/C11H12BrF/c1-2-9-5-6-11(13)10(8-9)4-3-7-12/h2,5-6,8H,1,3-4,7H2. The van der Waals surface area contributed by atoms with Crippen LogP contribution in [-0.2, 0) is 6.42 Å². The minimum atomic E-state index is -0.119. The smallest absolute Gasteiger partial charge is 0.126 e. The maximum absolute atomic E-state index is 13.2. The van der Waals surface area contributed by atoms with E-state index >= 15 is 0 Å². The van der Waals surface area contributed by atoms with Crippen LogP contribution in [0.1, 0.15) is 17.5 Å². The molecule has 13 heavy (non-hydrogen) atoms. The lowest BCUT2D eigenvalue weighted by molar-refractivity contribution is 0.608. The molecule has 0 spiro atoms. The average molecular weight is 243 g/mol. The molecule has 0 bridgehead atoms. The van der Waals surface area contributed by atoms with Gasteiger partial charge in [0.15, 0.2) is 0 Å². The number of hydrogen-bond donors (Lipinski definition) is 0. The molecule has 0 saturated carbocycles. The summed E-state index contributed by atoms with van der Waals surface area (Å²) < 4.78 is 13.2. The lowest BCUT2D eigenvalue weighted by atomic mass is 10.1. The molecule has 0 amide bonds. The maximum Gasteiger partial charge on any atom is 0.126 e. The quantitative estimate of drug-likeness (QED) is 0.705. The van der Waals surface area contributed by atoms with Gasteiger partial charge in [0.2, 0.25) is 0 Å². The third kappa shape index (κ3) is 2.96. The Balaban J connectivity index is 2.83. The SMILES string of the molecule is C=Cc1ccc(F)c(CCCBr)c1. The van der Waals surface area contributed by atoms with Gasteiger partial charge in [-0.15, -0.1) is 0 Å². The van der Waals surface area contributed by atoms with Gasteiger partial charge in [-0.05, 0) is 36.1 Å². The van der Waals surface area contributed by atoms with E-state index in [1.54, 1.807) is 12.1 Å². The topological polar surface area (TPSA) is 0 Å². The van der Waals surface area contributed by atoms with Gasteiger partial charge in [-0.1, -0.05) is 34.7 Å². The molecule has 1 rings (SSSR count).